The van der Waals surface area contributed by atoms with Crippen molar-refractivity contribution in [3.63, 3.8) is 0 Å². The van der Waals surface area contributed by atoms with Crippen molar-refractivity contribution in [2.45, 2.75) is 45.1 Å². The van der Waals surface area contributed by atoms with E-state index in [4.69, 9.17) is 4.74 Å². The number of unbranched alkanes of at least 4 members (excludes halogenated alkanes) is 3. The summed E-state index contributed by atoms with van der Waals surface area (Å²) in [4.78, 5) is 23.3. The minimum atomic E-state index is -1.07. The first-order chi connectivity index (χ1) is 10.5. The van der Waals surface area contributed by atoms with Crippen LogP contribution in [0.15, 0.2) is 18.2 Å². The summed E-state index contributed by atoms with van der Waals surface area (Å²) in [6, 6.07) is 3.29. The lowest BCUT2D eigenvalue weighted by atomic mass is 10.1. The molecule has 1 atom stereocenters. The van der Waals surface area contributed by atoms with Gasteiger partial charge in [-0.1, -0.05) is 32.6 Å². The fraction of sp³-hybridized carbons (Fsp3) is 0.500. The van der Waals surface area contributed by atoms with E-state index in [1.807, 2.05) is 0 Å². The van der Waals surface area contributed by atoms with Crippen LogP contribution in [0.3, 0.4) is 0 Å². The molecule has 22 heavy (non-hydrogen) atoms. The molecule has 6 heteroatoms. The Morgan fingerprint density at radius 2 is 2.00 bits per heavy atom. The maximum absolute atomic E-state index is 12.1. The second-order valence-electron chi connectivity index (χ2n) is 5.10. The molecule has 122 valence electrons. The van der Waals surface area contributed by atoms with Crippen LogP contribution in [0.5, 0.6) is 11.5 Å². The number of nitrogens with one attached hydrogen (secondary N) is 1. The number of ether oxygens (including phenoxy) is 1. The first kappa shape index (κ1) is 17.8. The molecule has 6 nitrogen and oxygen atoms in total. The van der Waals surface area contributed by atoms with Crippen molar-refractivity contribution in [1.82, 2.24) is 5.32 Å². The van der Waals surface area contributed by atoms with E-state index in [1.165, 1.54) is 25.3 Å². The van der Waals surface area contributed by atoms with Crippen LogP contribution < -0.4 is 10.1 Å². The number of phenolic OH excluding ortho intramolecular Hbond substituents is 1. The molecule has 0 aliphatic heterocycles. The van der Waals surface area contributed by atoms with Gasteiger partial charge in [-0.15, -0.1) is 0 Å². The minimum Gasteiger partial charge on any atom is -0.507 e. The molecule has 0 aliphatic carbocycles. The number of aliphatic carboxylic acids is 1. The number of amides is 1. The van der Waals surface area contributed by atoms with Gasteiger partial charge < -0.3 is 20.3 Å². The molecule has 0 spiro atoms. The van der Waals surface area contributed by atoms with Gasteiger partial charge in [0.15, 0.2) is 0 Å². The van der Waals surface area contributed by atoms with E-state index in [9.17, 15) is 19.8 Å². The second-order valence-corrected chi connectivity index (χ2v) is 5.10. The number of carboxylic acids is 1. The largest absolute Gasteiger partial charge is 0.507 e. The van der Waals surface area contributed by atoms with Gasteiger partial charge in [-0.05, 0) is 18.6 Å². The van der Waals surface area contributed by atoms with E-state index in [0.29, 0.717) is 12.2 Å². The highest BCUT2D eigenvalue weighted by Crippen LogP contribution is 2.23. The van der Waals surface area contributed by atoms with Crippen molar-refractivity contribution in [1.29, 1.82) is 0 Å². The van der Waals surface area contributed by atoms with Crippen LogP contribution in [0.1, 0.15) is 49.4 Å². The fourth-order valence-electron chi connectivity index (χ4n) is 2.10. The van der Waals surface area contributed by atoms with E-state index >= 15 is 0 Å². The normalized spacial score (nSPS) is 11.7. The standard InChI is InChI=1S/C16H23NO5/c1-3-4-5-6-7-13(16(20)21)17-15(19)12-9-8-11(22-2)10-14(12)18/h8-10,13,18H,3-7H2,1-2H3,(H,17,19)(H,20,21). The topological polar surface area (TPSA) is 95.9 Å². The van der Waals surface area contributed by atoms with Crippen LogP contribution in [-0.4, -0.2) is 35.2 Å². The smallest absolute Gasteiger partial charge is 0.326 e. The Labute approximate surface area is 130 Å². The molecule has 0 heterocycles. The summed E-state index contributed by atoms with van der Waals surface area (Å²) >= 11 is 0. The Morgan fingerprint density at radius 3 is 2.55 bits per heavy atom. The van der Waals surface area contributed by atoms with Crippen LogP contribution in [0, 0.1) is 0 Å². The molecule has 1 rings (SSSR count). The van der Waals surface area contributed by atoms with Crippen LogP contribution in [0.4, 0.5) is 0 Å². The van der Waals surface area contributed by atoms with Crippen LogP contribution in [0.2, 0.25) is 0 Å². The van der Waals surface area contributed by atoms with E-state index < -0.39 is 17.9 Å². The molecule has 0 saturated carbocycles. The molecular weight excluding hydrogens is 286 g/mol. The van der Waals surface area contributed by atoms with E-state index in [2.05, 4.69) is 12.2 Å². The quantitative estimate of drug-likeness (QED) is 0.609. The molecule has 0 radical (unpaired) electrons. The lowest BCUT2D eigenvalue weighted by molar-refractivity contribution is -0.139. The van der Waals surface area contributed by atoms with E-state index in [-0.39, 0.29) is 11.3 Å². The van der Waals surface area contributed by atoms with E-state index in [0.717, 1.165) is 25.7 Å². The summed E-state index contributed by atoms with van der Waals surface area (Å²) in [5, 5.41) is 21.4. The zero-order valence-electron chi connectivity index (χ0n) is 13.0. The summed E-state index contributed by atoms with van der Waals surface area (Å²) in [6.07, 6.45) is 4.14. The Hall–Kier alpha value is -2.24. The number of carbonyl (C=O) groups excluding carboxylic acids is 1. The third kappa shape index (κ3) is 5.27. The van der Waals surface area contributed by atoms with Crippen molar-refractivity contribution >= 4 is 11.9 Å². The molecular formula is C16H23NO5. The monoisotopic (exact) mass is 309 g/mol. The summed E-state index contributed by atoms with van der Waals surface area (Å²) in [6.45, 7) is 2.07. The average Bonchev–Trinajstić information content (AvgIpc) is 2.49. The van der Waals surface area contributed by atoms with Gasteiger partial charge in [-0.25, -0.2) is 4.79 Å². The lowest BCUT2D eigenvalue weighted by Crippen LogP contribution is -2.40. The number of hydrogen-bond donors (Lipinski definition) is 3. The van der Waals surface area contributed by atoms with Crippen LogP contribution in [-0.2, 0) is 4.79 Å². The summed E-state index contributed by atoms with van der Waals surface area (Å²) in [5.74, 6) is -1.50. The minimum absolute atomic E-state index is 0.0283. The lowest BCUT2D eigenvalue weighted by Gasteiger charge is -2.15. The van der Waals surface area contributed by atoms with Gasteiger partial charge in [0.05, 0.1) is 12.7 Å². The summed E-state index contributed by atoms with van der Waals surface area (Å²) in [5.41, 5.74) is 0.0283. The van der Waals surface area contributed by atoms with Gasteiger partial charge in [0, 0.05) is 6.07 Å². The van der Waals surface area contributed by atoms with Crippen molar-refractivity contribution < 1.29 is 24.5 Å². The highest BCUT2D eigenvalue weighted by atomic mass is 16.5. The molecule has 0 saturated heterocycles. The van der Waals surface area contributed by atoms with Gasteiger partial charge in [-0.3, -0.25) is 4.79 Å². The predicted molar refractivity (Wildman–Crippen MR) is 82.3 cm³/mol. The molecule has 1 aromatic carbocycles. The van der Waals surface area contributed by atoms with Crippen LogP contribution in [0.25, 0.3) is 0 Å². The Balaban J connectivity index is 2.68. The number of hydrogen-bond acceptors (Lipinski definition) is 4. The van der Waals surface area contributed by atoms with Gasteiger partial charge in [0.2, 0.25) is 0 Å². The molecule has 3 N–H and O–H groups in total. The molecule has 0 bridgehead atoms. The van der Waals surface area contributed by atoms with Gasteiger partial charge in [0.1, 0.15) is 17.5 Å². The van der Waals surface area contributed by atoms with Crippen molar-refractivity contribution in [2.75, 3.05) is 7.11 Å². The molecule has 1 amide bonds. The average molecular weight is 309 g/mol. The highest BCUT2D eigenvalue weighted by Gasteiger charge is 2.21. The molecule has 0 aliphatic rings. The third-order valence-corrected chi connectivity index (χ3v) is 3.40. The summed E-state index contributed by atoms with van der Waals surface area (Å²) in [7, 11) is 1.45. The molecule has 1 aromatic rings. The van der Waals surface area contributed by atoms with Crippen LogP contribution >= 0.6 is 0 Å². The van der Waals surface area contributed by atoms with Gasteiger partial charge >= 0.3 is 5.97 Å². The fourth-order valence-corrected chi connectivity index (χ4v) is 2.10. The third-order valence-electron chi connectivity index (χ3n) is 3.40. The molecule has 1 unspecified atom stereocenters. The van der Waals surface area contributed by atoms with Crippen molar-refractivity contribution in [2.24, 2.45) is 0 Å². The number of aromatic hydroxyl groups is 1. The van der Waals surface area contributed by atoms with Gasteiger partial charge in [0.25, 0.3) is 5.91 Å². The first-order valence-corrected chi connectivity index (χ1v) is 7.40. The number of benzene rings is 1. The summed E-state index contributed by atoms with van der Waals surface area (Å²) < 4.78 is 4.94. The second kappa shape index (κ2) is 8.92. The van der Waals surface area contributed by atoms with Gasteiger partial charge in [-0.2, -0.15) is 0 Å². The number of carboxylic acid groups (broad SMARTS) is 1. The Morgan fingerprint density at radius 1 is 1.27 bits per heavy atom. The zero-order chi connectivity index (χ0) is 16.5. The SMILES string of the molecule is CCCCCCC(NC(=O)c1ccc(OC)cc1O)C(=O)O. The molecule has 0 fully saturated rings. The van der Waals surface area contributed by atoms with E-state index in [1.54, 1.807) is 0 Å². The van der Waals surface area contributed by atoms with Crippen molar-refractivity contribution in [3.8, 4) is 11.5 Å². The predicted octanol–water partition coefficient (Wildman–Crippen LogP) is 2.55. The number of methoxy groups -OCH3 is 1. The number of rotatable bonds is 9. The number of carbonyl (C=O) groups is 2. The highest BCUT2D eigenvalue weighted by molar-refractivity contribution is 5.99. The zero-order valence-corrected chi connectivity index (χ0v) is 13.0. The number of phenols is 1. The first-order valence-electron chi connectivity index (χ1n) is 7.40. The maximum atomic E-state index is 12.1. The Bertz CT molecular complexity index is 515. The van der Waals surface area contributed by atoms with Crippen molar-refractivity contribution in [3.05, 3.63) is 23.8 Å². The Kier molecular flexibility index (Phi) is 7.22. The molecule has 0 aromatic heterocycles. The maximum Gasteiger partial charge on any atom is 0.326 e.